The molecule has 84 valence electrons. The number of pyridine rings is 1. The molecule has 0 saturated heterocycles. The second-order valence-corrected chi connectivity index (χ2v) is 6.44. The van der Waals surface area contributed by atoms with Crippen LogP contribution in [0.15, 0.2) is 34.8 Å². The van der Waals surface area contributed by atoms with Crippen LogP contribution in [0.1, 0.15) is 0 Å². The maximum absolute atomic E-state index is 11.8. The van der Waals surface area contributed by atoms with Gasteiger partial charge in [0.2, 0.25) is 0 Å². The van der Waals surface area contributed by atoms with Gasteiger partial charge in [-0.25, -0.2) is 18.4 Å². The van der Waals surface area contributed by atoms with Crippen molar-refractivity contribution in [1.29, 1.82) is 0 Å². The number of halogens is 1. The Hall–Kier alpha value is -0.740. The van der Waals surface area contributed by atoms with Gasteiger partial charge in [0, 0.05) is 17.8 Å². The molecule has 0 aromatic carbocycles. The van der Waals surface area contributed by atoms with E-state index < -0.39 is 10.0 Å². The van der Waals surface area contributed by atoms with Crippen molar-refractivity contribution in [2.75, 3.05) is 4.72 Å². The van der Waals surface area contributed by atoms with Crippen molar-refractivity contribution in [3.05, 3.63) is 33.6 Å². The summed E-state index contributed by atoms with van der Waals surface area (Å²) in [5.41, 5.74) is 0. The minimum atomic E-state index is -3.57. The molecule has 2 aromatic rings. The molecular weight excluding hydrogens is 361 g/mol. The van der Waals surface area contributed by atoms with Crippen molar-refractivity contribution in [2.45, 2.75) is 4.90 Å². The number of nitrogens with zero attached hydrogens (tertiary/aromatic N) is 2. The standard InChI is InChI=1S/C8H6IN3O2S2/c9-7-2-1-6(5-11-7)16(13,14)12-8-10-3-4-15-8/h1-5H,(H,10,12). The molecule has 0 fully saturated rings. The average Bonchev–Trinajstić information content (AvgIpc) is 2.70. The predicted molar refractivity (Wildman–Crippen MR) is 69.9 cm³/mol. The van der Waals surface area contributed by atoms with E-state index in [1.807, 2.05) is 22.6 Å². The zero-order chi connectivity index (χ0) is 11.6. The second kappa shape index (κ2) is 4.63. The molecule has 0 unspecified atom stereocenters. The first-order chi connectivity index (χ1) is 7.58. The molecule has 5 nitrogen and oxygen atoms in total. The van der Waals surface area contributed by atoms with Gasteiger partial charge < -0.3 is 0 Å². The summed E-state index contributed by atoms with van der Waals surface area (Å²) in [6.45, 7) is 0. The minimum Gasteiger partial charge on any atom is -0.255 e. The van der Waals surface area contributed by atoms with E-state index in [1.54, 1.807) is 11.4 Å². The highest BCUT2D eigenvalue weighted by molar-refractivity contribution is 14.1. The molecule has 0 saturated carbocycles. The molecule has 0 amide bonds. The van der Waals surface area contributed by atoms with Crippen LogP contribution in [0.25, 0.3) is 0 Å². The Labute approximate surface area is 110 Å². The molecule has 2 rings (SSSR count). The lowest BCUT2D eigenvalue weighted by Gasteiger charge is -2.04. The molecule has 8 heteroatoms. The highest BCUT2D eigenvalue weighted by atomic mass is 127. The number of rotatable bonds is 3. The summed E-state index contributed by atoms with van der Waals surface area (Å²) in [5.74, 6) is 0. The first-order valence-electron chi connectivity index (χ1n) is 4.12. The maximum Gasteiger partial charge on any atom is 0.265 e. The quantitative estimate of drug-likeness (QED) is 0.665. The van der Waals surface area contributed by atoms with Crippen LogP contribution in [0.4, 0.5) is 5.13 Å². The number of hydrogen-bond donors (Lipinski definition) is 1. The van der Waals surface area contributed by atoms with Crippen molar-refractivity contribution in [3.63, 3.8) is 0 Å². The fraction of sp³-hybridized carbons (Fsp3) is 0. The first kappa shape index (κ1) is 11.7. The lowest BCUT2D eigenvalue weighted by Crippen LogP contribution is -2.13. The van der Waals surface area contributed by atoms with Gasteiger partial charge in [-0.1, -0.05) is 0 Å². The van der Waals surface area contributed by atoms with E-state index in [4.69, 9.17) is 0 Å². The number of nitrogens with one attached hydrogen (secondary N) is 1. The van der Waals surface area contributed by atoms with Gasteiger partial charge in [0.15, 0.2) is 5.13 Å². The summed E-state index contributed by atoms with van der Waals surface area (Å²) in [6, 6.07) is 3.14. The largest absolute Gasteiger partial charge is 0.265 e. The number of hydrogen-bond acceptors (Lipinski definition) is 5. The van der Waals surface area contributed by atoms with E-state index in [1.165, 1.54) is 29.8 Å². The van der Waals surface area contributed by atoms with Crippen LogP contribution < -0.4 is 4.72 Å². The zero-order valence-electron chi connectivity index (χ0n) is 7.79. The summed E-state index contributed by atoms with van der Waals surface area (Å²) in [5, 5.41) is 2.04. The highest BCUT2D eigenvalue weighted by Crippen LogP contribution is 2.17. The summed E-state index contributed by atoms with van der Waals surface area (Å²) in [7, 11) is -3.57. The molecule has 0 atom stereocenters. The van der Waals surface area contributed by atoms with Gasteiger partial charge in [-0.3, -0.25) is 4.72 Å². The van der Waals surface area contributed by atoms with E-state index in [9.17, 15) is 8.42 Å². The molecule has 0 bridgehead atoms. The monoisotopic (exact) mass is 367 g/mol. The van der Waals surface area contributed by atoms with Gasteiger partial charge in [0.1, 0.15) is 8.60 Å². The number of anilines is 1. The molecule has 2 aromatic heterocycles. The molecular formula is C8H6IN3O2S2. The van der Waals surface area contributed by atoms with Crippen molar-refractivity contribution in [3.8, 4) is 0 Å². The number of aromatic nitrogens is 2. The average molecular weight is 367 g/mol. The summed E-state index contributed by atoms with van der Waals surface area (Å²) in [6.07, 6.45) is 2.85. The lowest BCUT2D eigenvalue weighted by molar-refractivity contribution is 0.600. The molecule has 0 spiro atoms. The molecule has 0 aliphatic heterocycles. The van der Waals surface area contributed by atoms with Gasteiger partial charge in [-0.05, 0) is 34.7 Å². The maximum atomic E-state index is 11.8. The van der Waals surface area contributed by atoms with Gasteiger partial charge in [0.05, 0.1) is 0 Å². The van der Waals surface area contributed by atoms with Crippen LogP contribution in [0.2, 0.25) is 0 Å². The predicted octanol–water partition coefficient (Wildman–Crippen LogP) is 1.94. The Morgan fingerprint density at radius 1 is 1.31 bits per heavy atom. The first-order valence-corrected chi connectivity index (χ1v) is 7.56. The topological polar surface area (TPSA) is 72.0 Å². The number of sulfonamides is 1. The van der Waals surface area contributed by atoms with Gasteiger partial charge in [-0.2, -0.15) is 0 Å². The van der Waals surface area contributed by atoms with Crippen LogP contribution in [-0.2, 0) is 10.0 Å². The van der Waals surface area contributed by atoms with Crippen molar-refractivity contribution < 1.29 is 8.42 Å². The third kappa shape index (κ3) is 2.68. The van der Waals surface area contributed by atoms with Gasteiger partial charge in [-0.15, -0.1) is 11.3 Å². The molecule has 0 aliphatic carbocycles. The van der Waals surface area contributed by atoms with E-state index in [0.29, 0.717) is 5.13 Å². The Bertz CT molecular complexity index is 566. The molecule has 1 N–H and O–H groups in total. The zero-order valence-corrected chi connectivity index (χ0v) is 11.6. The third-order valence-electron chi connectivity index (χ3n) is 1.66. The Kier molecular flexibility index (Phi) is 3.40. The summed E-state index contributed by atoms with van der Waals surface area (Å²) in [4.78, 5) is 7.90. The van der Waals surface area contributed by atoms with E-state index in [0.717, 1.165) is 3.70 Å². The van der Waals surface area contributed by atoms with Crippen LogP contribution in [-0.4, -0.2) is 18.4 Å². The van der Waals surface area contributed by atoms with Crippen LogP contribution in [0.3, 0.4) is 0 Å². The van der Waals surface area contributed by atoms with Crippen LogP contribution in [0.5, 0.6) is 0 Å². The summed E-state index contributed by atoms with van der Waals surface area (Å²) < 4.78 is 26.8. The second-order valence-electron chi connectivity index (χ2n) is 2.76. The Morgan fingerprint density at radius 2 is 2.12 bits per heavy atom. The SMILES string of the molecule is O=S(=O)(Nc1nccs1)c1ccc(I)nc1. The van der Waals surface area contributed by atoms with Crippen molar-refractivity contribution >= 4 is 49.1 Å². The fourth-order valence-corrected chi connectivity index (χ4v) is 3.02. The molecule has 0 aliphatic rings. The lowest BCUT2D eigenvalue weighted by atomic mass is 10.5. The molecule has 16 heavy (non-hydrogen) atoms. The number of thiazole rings is 1. The van der Waals surface area contributed by atoms with Crippen molar-refractivity contribution in [2.24, 2.45) is 0 Å². The smallest absolute Gasteiger partial charge is 0.255 e. The minimum absolute atomic E-state index is 0.128. The molecule has 2 heterocycles. The van der Waals surface area contributed by atoms with Gasteiger partial charge in [0.25, 0.3) is 10.0 Å². The summed E-state index contributed by atoms with van der Waals surface area (Å²) >= 11 is 3.23. The van der Waals surface area contributed by atoms with E-state index in [-0.39, 0.29) is 4.90 Å². The van der Waals surface area contributed by atoms with E-state index >= 15 is 0 Å². The van der Waals surface area contributed by atoms with Crippen LogP contribution >= 0.6 is 33.9 Å². The van der Waals surface area contributed by atoms with Crippen molar-refractivity contribution in [1.82, 2.24) is 9.97 Å². The third-order valence-corrected chi connectivity index (χ3v) is 4.44. The Morgan fingerprint density at radius 3 is 2.69 bits per heavy atom. The Balaban J connectivity index is 2.29. The normalized spacial score (nSPS) is 11.3. The highest BCUT2D eigenvalue weighted by Gasteiger charge is 2.15. The van der Waals surface area contributed by atoms with E-state index in [2.05, 4.69) is 14.7 Å². The van der Waals surface area contributed by atoms with Gasteiger partial charge >= 0.3 is 0 Å². The fourth-order valence-electron chi connectivity index (χ4n) is 0.969. The molecule has 0 radical (unpaired) electrons. The van der Waals surface area contributed by atoms with Crippen LogP contribution in [0, 0.1) is 3.70 Å².